The highest BCUT2D eigenvalue weighted by molar-refractivity contribution is 5.80. The fraction of sp³-hybridized carbons (Fsp3) is 0.462. The van der Waals surface area contributed by atoms with Gasteiger partial charge >= 0.3 is 0 Å². The number of amides is 1. The summed E-state index contributed by atoms with van der Waals surface area (Å²) in [6.45, 7) is 3.39. The Labute approximate surface area is 102 Å². The molecular formula is C13H19NO3. The van der Waals surface area contributed by atoms with Crippen LogP contribution in [0.4, 0.5) is 0 Å². The Morgan fingerprint density at radius 1 is 1.35 bits per heavy atom. The maximum Gasteiger partial charge on any atom is 0.262 e. The van der Waals surface area contributed by atoms with Crippen molar-refractivity contribution in [3.8, 4) is 5.75 Å². The number of carbonyl (C=O) groups excluding carboxylic acids is 1. The fourth-order valence-electron chi connectivity index (χ4n) is 1.47. The molecule has 4 nitrogen and oxygen atoms in total. The number of hydrogen-bond acceptors (Lipinski definition) is 3. The van der Waals surface area contributed by atoms with Crippen LogP contribution < -0.4 is 4.74 Å². The van der Waals surface area contributed by atoms with Gasteiger partial charge in [-0.2, -0.15) is 0 Å². The van der Waals surface area contributed by atoms with E-state index in [4.69, 9.17) is 4.74 Å². The van der Waals surface area contributed by atoms with Crippen molar-refractivity contribution in [3.63, 3.8) is 0 Å². The third kappa shape index (κ3) is 3.75. The smallest absolute Gasteiger partial charge is 0.262 e. The highest BCUT2D eigenvalue weighted by atomic mass is 16.5. The number of hydrogen-bond donors (Lipinski definition) is 1. The maximum absolute atomic E-state index is 11.6. The minimum Gasteiger partial charge on any atom is -0.481 e. The monoisotopic (exact) mass is 237 g/mol. The Morgan fingerprint density at radius 2 is 2.00 bits per heavy atom. The molecule has 94 valence electrons. The van der Waals surface area contributed by atoms with Crippen molar-refractivity contribution in [1.29, 1.82) is 0 Å². The maximum atomic E-state index is 11.6. The van der Waals surface area contributed by atoms with E-state index in [0.717, 1.165) is 5.56 Å². The minimum absolute atomic E-state index is 0.0903. The summed E-state index contributed by atoms with van der Waals surface area (Å²) in [6.07, 6.45) is -1.08. The van der Waals surface area contributed by atoms with E-state index in [1.54, 1.807) is 46.1 Å². The van der Waals surface area contributed by atoms with Crippen molar-refractivity contribution >= 4 is 5.91 Å². The van der Waals surface area contributed by atoms with E-state index >= 15 is 0 Å². The molecular weight excluding hydrogens is 218 g/mol. The number of likely N-dealkylation sites (N-methyl/N-ethyl adjacent to an activating group) is 1. The lowest BCUT2D eigenvalue weighted by molar-refractivity contribution is -0.135. The van der Waals surface area contributed by atoms with Gasteiger partial charge in [0.25, 0.3) is 5.91 Å². The Morgan fingerprint density at radius 3 is 2.53 bits per heavy atom. The molecule has 1 N–H and O–H groups in total. The van der Waals surface area contributed by atoms with Gasteiger partial charge in [-0.25, -0.2) is 0 Å². The molecule has 0 aliphatic carbocycles. The summed E-state index contributed by atoms with van der Waals surface area (Å²) in [6, 6.07) is 7.12. The van der Waals surface area contributed by atoms with Gasteiger partial charge in [-0.15, -0.1) is 0 Å². The number of aliphatic hydroxyl groups excluding tert-OH is 1. The van der Waals surface area contributed by atoms with Crippen LogP contribution in [0.3, 0.4) is 0 Å². The van der Waals surface area contributed by atoms with E-state index in [0.29, 0.717) is 5.75 Å². The first kappa shape index (κ1) is 13.5. The topological polar surface area (TPSA) is 49.8 Å². The molecule has 0 bridgehead atoms. The van der Waals surface area contributed by atoms with E-state index < -0.39 is 12.2 Å². The molecule has 1 amide bonds. The van der Waals surface area contributed by atoms with E-state index in [1.165, 1.54) is 4.90 Å². The summed E-state index contributed by atoms with van der Waals surface area (Å²) in [5.74, 6) is 0.499. The van der Waals surface area contributed by atoms with Crippen LogP contribution in [0, 0.1) is 0 Å². The van der Waals surface area contributed by atoms with Gasteiger partial charge in [-0.05, 0) is 31.5 Å². The first-order valence-corrected chi connectivity index (χ1v) is 5.57. The zero-order valence-corrected chi connectivity index (χ0v) is 10.7. The Kier molecular flexibility index (Phi) is 4.52. The van der Waals surface area contributed by atoms with E-state index in [-0.39, 0.29) is 5.91 Å². The van der Waals surface area contributed by atoms with Crippen LogP contribution in [-0.4, -0.2) is 36.1 Å². The van der Waals surface area contributed by atoms with Crippen molar-refractivity contribution in [2.75, 3.05) is 14.1 Å². The van der Waals surface area contributed by atoms with Crippen LogP contribution >= 0.6 is 0 Å². The first-order valence-electron chi connectivity index (χ1n) is 5.57. The molecule has 4 heteroatoms. The zero-order valence-electron chi connectivity index (χ0n) is 10.7. The summed E-state index contributed by atoms with van der Waals surface area (Å²) >= 11 is 0. The number of aliphatic hydroxyl groups is 1. The molecule has 0 spiro atoms. The van der Waals surface area contributed by atoms with Gasteiger partial charge in [0.05, 0.1) is 6.10 Å². The van der Waals surface area contributed by atoms with Gasteiger partial charge < -0.3 is 14.7 Å². The first-order chi connectivity index (χ1) is 7.91. The third-order valence-corrected chi connectivity index (χ3v) is 2.44. The average Bonchev–Trinajstić information content (AvgIpc) is 2.28. The highest BCUT2D eigenvalue weighted by Gasteiger charge is 2.16. The van der Waals surface area contributed by atoms with Crippen molar-refractivity contribution < 1.29 is 14.6 Å². The molecule has 0 saturated carbocycles. The van der Waals surface area contributed by atoms with Crippen LogP contribution in [0.2, 0.25) is 0 Å². The second kappa shape index (κ2) is 5.68. The average molecular weight is 237 g/mol. The quantitative estimate of drug-likeness (QED) is 0.865. The van der Waals surface area contributed by atoms with Gasteiger partial charge in [0.15, 0.2) is 6.10 Å². The largest absolute Gasteiger partial charge is 0.481 e. The lowest BCUT2D eigenvalue weighted by Crippen LogP contribution is -2.35. The SMILES string of the molecule is CC(Oc1cccc([C@H](C)O)c1)C(=O)N(C)C. The van der Waals surface area contributed by atoms with Gasteiger partial charge in [-0.3, -0.25) is 4.79 Å². The van der Waals surface area contributed by atoms with Crippen molar-refractivity contribution in [2.24, 2.45) is 0 Å². The standard InChI is InChI=1S/C13H19NO3/c1-9(15)11-6-5-7-12(8-11)17-10(2)13(16)14(3)4/h5-10,15H,1-4H3/t9-,10?/m0/s1. The molecule has 2 atom stereocenters. The molecule has 17 heavy (non-hydrogen) atoms. The van der Waals surface area contributed by atoms with Gasteiger partial charge in [0.2, 0.25) is 0 Å². The molecule has 0 aliphatic heterocycles. The van der Waals surface area contributed by atoms with E-state index in [2.05, 4.69) is 0 Å². The van der Waals surface area contributed by atoms with Crippen molar-refractivity contribution in [2.45, 2.75) is 26.1 Å². The molecule has 1 rings (SSSR count). The normalized spacial score (nSPS) is 13.9. The summed E-state index contributed by atoms with van der Waals surface area (Å²) in [4.78, 5) is 13.1. The molecule has 0 fully saturated rings. The predicted octanol–water partition coefficient (Wildman–Crippen LogP) is 1.60. The van der Waals surface area contributed by atoms with Gasteiger partial charge in [-0.1, -0.05) is 12.1 Å². The van der Waals surface area contributed by atoms with Gasteiger partial charge in [0, 0.05) is 14.1 Å². The number of benzene rings is 1. The lowest BCUT2D eigenvalue weighted by atomic mass is 10.1. The third-order valence-electron chi connectivity index (χ3n) is 2.44. The Hall–Kier alpha value is -1.55. The molecule has 0 radical (unpaired) electrons. The Bertz CT molecular complexity index is 388. The summed E-state index contributed by atoms with van der Waals surface area (Å²) in [7, 11) is 3.38. The van der Waals surface area contributed by atoms with Crippen molar-refractivity contribution in [1.82, 2.24) is 4.90 Å². The highest BCUT2D eigenvalue weighted by Crippen LogP contribution is 2.19. The second-order valence-corrected chi connectivity index (χ2v) is 4.24. The number of rotatable bonds is 4. The lowest BCUT2D eigenvalue weighted by Gasteiger charge is -2.18. The van der Waals surface area contributed by atoms with Crippen molar-refractivity contribution in [3.05, 3.63) is 29.8 Å². The zero-order chi connectivity index (χ0) is 13.0. The van der Waals surface area contributed by atoms with E-state index in [9.17, 15) is 9.90 Å². The second-order valence-electron chi connectivity index (χ2n) is 4.24. The summed E-state index contributed by atoms with van der Waals surface area (Å²) in [5.41, 5.74) is 0.770. The minimum atomic E-state index is -0.543. The number of ether oxygens (including phenoxy) is 1. The summed E-state index contributed by atoms with van der Waals surface area (Å²) in [5, 5.41) is 9.45. The number of carbonyl (C=O) groups is 1. The molecule has 0 heterocycles. The summed E-state index contributed by atoms with van der Waals surface area (Å²) < 4.78 is 5.53. The number of nitrogens with zero attached hydrogens (tertiary/aromatic N) is 1. The van der Waals surface area contributed by atoms with Crippen LogP contribution in [0.1, 0.15) is 25.5 Å². The van der Waals surface area contributed by atoms with Crippen LogP contribution in [0.5, 0.6) is 5.75 Å². The van der Waals surface area contributed by atoms with Crippen LogP contribution in [0.15, 0.2) is 24.3 Å². The van der Waals surface area contributed by atoms with Crippen LogP contribution in [0.25, 0.3) is 0 Å². The fourth-order valence-corrected chi connectivity index (χ4v) is 1.47. The molecule has 0 saturated heterocycles. The van der Waals surface area contributed by atoms with Crippen LogP contribution in [-0.2, 0) is 4.79 Å². The molecule has 1 aromatic carbocycles. The molecule has 1 aromatic rings. The molecule has 0 aromatic heterocycles. The molecule has 1 unspecified atom stereocenters. The Balaban J connectivity index is 2.75. The molecule has 0 aliphatic rings. The predicted molar refractivity (Wildman–Crippen MR) is 65.9 cm³/mol. The van der Waals surface area contributed by atoms with Gasteiger partial charge in [0.1, 0.15) is 5.75 Å². The van der Waals surface area contributed by atoms with E-state index in [1.807, 2.05) is 6.07 Å².